The molecule has 4 heteroatoms. The average Bonchev–Trinajstić information content (AvgIpc) is 3.82. The first-order chi connectivity index (χ1) is 19.8. The van der Waals surface area contributed by atoms with Crippen LogP contribution in [0.25, 0.3) is 44.3 Å². The van der Waals surface area contributed by atoms with Gasteiger partial charge in [-0.05, 0) is 107 Å². The minimum Gasteiger partial charge on any atom is -0.341 e. The van der Waals surface area contributed by atoms with Gasteiger partial charge in [0.25, 0.3) is 0 Å². The molecule has 4 aromatic carbocycles. The number of hydrogen-bond acceptors (Lipinski definition) is 3. The second-order valence-corrected chi connectivity index (χ2v) is 11.8. The van der Waals surface area contributed by atoms with E-state index in [9.17, 15) is 0 Å². The van der Waals surface area contributed by atoms with Gasteiger partial charge in [0.05, 0.1) is 23.6 Å². The highest BCUT2D eigenvalue weighted by Crippen LogP contribution is 2.38. The summed E-state index contributed by atoms with van der Waals surface area (Å²) in [5, 5.41) is 6.06. The third-order valence-corrected chi connectivity index (χ3v) is 9.23. The molecule has 3 heterocycles. The molecule has 4 nitrogen and oxygen atoms in total. The molecular formula is C36H34N4. The van der Waals surface area contributed by atoms with E-state index in [2.05, 4.69) is 94.1 Å². The maximum atomic E-state index is 5.02. The van der Waals surface area contributed by atoms with E-state index < -0.39 is 0 Å². The highest BCUT2D eigenvalue weighted by atomic mass is 15.0. The molecule has 2 aliphatic heterocycles. The summed E-state index contributed by atoms with van der Waals surface area (Å²) in [6.07, 6.45) is 10.7. The summed E-state index contributed by atoms with van der Waals surface area (Å²) >= 11 is 0. The topological polar surface area (TPSA) is 53.1 Å². The molecule has 0 radical (unpaired) electrons. The molecule has 1 aliphatic carbocycles. The normalized spacial score (nSPS) is 18.9. The molecule has 1 aromatic heterocycles. The Labute approximate surface area is 235 Å². The van der Waals surface area contributed by atoms with Gasteiger partial charge in [0.2, 0.25) is 0 Å². The lowest BCUT2D eigenvalue weighted by molar-refractivity contribution is 0.613. The fraction of sp³-hybridized carbons (Fsp3) is 0.278. The molecule has 1 atom stereocenters. The zero-order chi connectivity index (χ0) is 26.5. The fourth-order valence-corrected chi connectivity index (χ4v) is 6.93. The van der Waals surface area contributed by atoms with Crippen molar-refractivity contribution in [2.45, 2.75) is 51.0 Å². The average molecular weight is 523 g/mol. The SMILES string of the molecule is c1cc(-c2cnc([C@@H]3CCCN3)[nH]2)ccc1-c1ccc2ccc(-c3ccc4c(c3)CC(C3CCCC3)=N4)cc2c1. The van der Waals surface area contributed by atoms with Gasteiger partial charge in [0, 0.05) is 12.1 Å². The van der Waals surface area contributed by atoms with Gasteiger partial charge in [-0.3, -0.25) is 4.99 Å². The van der Waals surface area contributed by atoms with Crippen molar-refractivity contribution >= 4 is 22.2 Å². The van der Waals surface area contributed by atoms with Crippen LogP contribution in [-0.2, 0) is 6.42 Å². The van der Waals surface area contributed by atoms with Crippen LogP contribution in [0.5, 0.6) is 0 Å². The quantitative estimate of drug-likeness (QED) is 0.242. The number of rotatable bonds is 5. The van der Waals surface area contributed by atoms with Crippen molar-refractivity contribution in [1.82, 2.24) is 15.3 Å². The number of aliphatic imine (C=N–C) groups is 1. The summed E-state index contributed by atoms with van der Waals surface area (Å²) < 4.78 is 0. The Kier molecular flexibility index (Phi) is 5.88. The molecular weight excluding hydrogens is 488 g/mol. The van der Waals surface area contributed by atoms with Gasteiger partial charge in [-0.25, -0.2) is 4.98 Å². The summed E-state index contributed by atoms with van der Waals surface area (Å²) in [4.78, 5) is 13.2. The number of H-pyrrole nitrogens is 1. The van der Waals surface area contributed by atoms with Crippen LogP contribution in [0.4, 0.5) is 5.69 Å². The molecule has 40 heavy (non-hydrogen) atoms. The molecule has 3 aliphatic rings. The van der Waals surface area contributed by atoms with E-state index in [1.165, 1.54) is 87.7 Å². The fourth-order valence-electron chi connectivity index (χ4n) is 6.93. The number of fused-ring (bicyclic) bond motifs is 2. The van der Waals surface area contributed by atoms with Crippen molar-refractivity contribution in [3.05, 3.63) is 96.4 Å². The number of benzene rings is 4. The smallest absolute Gasteiger partial charge is 0.123 e. The van der Waals surface area contributed by atoms with Crippen LogP contribution in [0.15, 0.2) is 90.1 Å². The predicted molar refractivity (Wildman–Crippen MR) is 165 cm³/mol. The molecule has 0 bridgehead atoms. The van der Waals surface area contributed by atoms with Crippen LogP contribution in [0.2, 0.25) is 0 Å². The summed E-state index contributed by atoms with van der Waals surface area (Å²) in [7, 11) is 0. The van der Waals surface area contributed by atoms with Crippen molar-refractivity contribution < 1.29 is 0 Å². The predicted octanol–water partition coefficient (Wildman–Crippen LogP) is 8.81. The van der Waals surface area contributed by atoms with Gasteiger partial charge in [-0.2, -0.15) is 0 Å². The highest BCUT2D eigenvalue weighted by molar-refractivity contribution is 5.97. The van der Waals surface area contributed by atoms with Crippen molar-refractivity contribution in [2.24, 2.45) is 10.9 Å². The number of aromatic amines is 1. The summed E-state index contributed by atoms with van der Waals surface area (Å²) in [6.45, 7) is 1.08. The van der Waals surface area contributed by atoms with Crippen molar-refractivity contribution in [1.29, 1.82) is 0 Å². The van der Waals surface area contributed by atoms with Crippen LogP contribution in [0.3, 0.4) is 0 Å². The Morgan fingerprint density at radius 1 is 0.650 bits per heavy atom. The van der Waals surface area contributed by atoms with E-state index in [1.54, 1.807) is 0 Å². The first-order valence-corrected chi connectivity index (χ1v) is 14.9. The Morgan fingerprint density at radius 2 is 1.35 bits per heavy atom. The third kappa shape index (κ3) is 4.37. The summed E-state index contributed by atoms with van der Waals surface area (Å²) in [5.74, 6) is 1.75. The van der Waals surface area contributed by atoms with Crippen molar-refractivity contribution in [2.75, 3.05) is 6.54 Å². The molecule has 2 fully saturated rings. The van der Waals surface area contributed by atoms with Gasteiger partial charge in [-0.1, -0.05) is 67.4 Å². The van der Waals surface area contributed by atoms with Gasteiger partial charge in [-0.15, -0.1) is 0 Å². The molecule has 8 rings (SSSR count). The largest absolute Gasteiger partial charge is 0.341 e. The van der Waals surface area contributed by atoms with E-state index in [-0.39, 0.29) is 0 Å². The molecule has 198 valence electrons. The monoisotopic (exact) mass is 522 g/mol. The first-order valence-electron chi connectivity index (χ1n) is 14.9. The maximum absolute atomic E-state index is 5.02. The van der Waals surface area contributed by atoms with Crippen molar-refractivity contribution in [3.8, 4) is 33.5 Å². The van der Waals surface area contributed by atoms with E-state index in [0.29, 0.717) is 12.0 Å². The number of aromatic nitrogens is 2. The maximum Gasteiger partial charge on any atom is 0.123 e. The van der Waals surface area contributed by atoms with Crippen LogP contribution >= 0.6 is 0 Å². The second-order valence-electron chi connectivity index (χ2n) is 11.8. The van der Waals surface area contributed by atoms with Gasteiger partial charge in [0.1, 0.15) is 5.82 Å². The molecule has 1 saturated heterocycles. The molecule has 0 amide bonds. The van der Waals surface area contributed by atoms with Crippen LogP contribution in [0, 0.1) is 5.92 Å². The Bertz CT molecular complexity index is 1730. The Hall–Kier alpha value is -4.02. The number of nitrogens with zero attached hydrogens (tertiary/aromatic N) is 2. The van der Waals surface area contributed by atoms with Gasteiger partial charge in [0.15, 0.2) is 0 Å². The number of nitrogens with one attached hydrogen (secondary N) is 2. The third-order valence-electron chi connectivity index (χ3n) is 9.23. The Balaban J connectivity index is 1.04. The van der Waals surface area contributed by atoms with Crippen LogP contribution < -0.4 is 5.32 Å². The Morgan fingerprint density at radius 3 is 2.12 bits per heavy atom. The molecule has 0 spiro atoms. The lowest BCUT2D eigenvalue weighted by atomic mass is 9.94. The van der Waals surface area contributed by atoms with E-state index in [4.69, 9.17) is 4.99 Å². The molecule has 0 unspecified atom stereocenters. The minimum atomic E-state index is 0.357. The minimum absolute atomic E-state index is 0.357. The zero-order valence-electron chi connectivity index (χ0n) is 22.8. The van der Waals surface area contributed by atoms with Gasteiger partial charge >= 0.3 is 0 Å². The number of imidazole rings is 1. The number of hydrogen-bond donors (Lipinski definition) is 2. The first kappa shape index (κ1) is 23.8. The second kappa shape index (κ2) is 9.87. The highest BCUT2D eigenvalue weighted by Gasteiger charge is 2.25. The standard InChI is InChI=1S/C36H34N4/c1-2-5-25(4-1)34-21-31-20-29(15-16-32(31)39-34)28-14-10-24-9-13-27(18-30(24)19-28)23-7-11-26(12-8-23)35-22-38-36(40-35)33-6-3-17-37-33/h7-16,18-20,22,25,33,37H,1-6,17,21H2,(H,38,40)/t33-/m0/s1. The van der Waals surface area contributed by atoms with Crippen LogP contribution in [-0.4, -0.2) is 22.2 Å². The zero-order valence-corrected chi connectivity index (χ0v) is 22.8. The van der Waals surface area contributed by atoms with E-state index in [0.717, 1.165) is 30.9 Å². The lowest BCUT2D eigenvalue weighted by Crippen LogP contribution is -2.14. The summed E-state index contributed by atoms with van der Waals surface area (Å²) in [6, 6.07) is 29.7. The van der Waals surface area contributed by atoms with E-state index >= 15 is 0 Å². The molecule has 2 N–H and O–H groups in total. The molecule has 1 saturated carbocycles. The summed E-state index contributed by atoms with van der Waals surface area (Å²) in [5.41, 5.74) is 11.2. The van der Waals surface area contributed by atoms with E-state index in [1.807, 2.05) is 6.20 Å². The lowest BCUT2D eigenvalue weighted by Gasteiger charge is -2.09. The van der Waals surface area contributed by atoms with Crippen LogP contribution in [0.1, 0.15) is 56.0 Å². The van der Waals surface area contributed by atoms with Gasteiger partial charge < -0.3 is 10.3 Å². The molecule has 5 aromatic rings. The van der Waals surface area contributed by atoms with Crippen molar-refractivity contribution in [3.63, 3.8) is 0 Å².